The highest BCUT2D eigenvalue weighted by atomic mass is 16.5. The Balaban J connectivity index is 1.55. The minimum atomic E-state index is 0.331. The highest BCUT2D eigenvalue weighted by Crippen LogP contribution is 2.26. The van der Waals surface area contributed by atoms with Crippen LogP contribution in [0.2, 0.25) is 0 Å². The van der Waals surface area contributed by atoms with Crippen LogP contribution < -0.4 is 15.2 Å². The fourth-order valence-electron chi connectivity index (χ4n) is 2.70. The second-order valence-corrected chi connectivity index (χ2v) is 5.93. The van der Waals surface area contributed by atoms with Gasteiger partial charge in [-0.1, -0.05) is 18.2 Å². The van der Waals surface area contributed by atoms with Gasteiger partial charge in [0, 0.05) is 24.0 Å². The van der Waals surface area contributed by atoms with E-state index in [9.17, 15) is 0 Å². The molecule has 9 heteroatoms. The first-order valence-corrected chi connectivity index (χ1v) is 8.20. The van der Waals surface area contributed by atoms with Gasteiger partial charge in [-0.25, -0.2) is 15.0 Å². The molecule has 0 fully saturated rings. The maximum Gasteiger partial charge on any atom is 0.316 e. The number of anilines is 1. The summed E-state index contributed by atoms with van der Waals surface area (Å²) in [4.78, 5) is 12.4. The number of ether oxygens (including phenoxy) is 2. The van der Waals surface area contributed by atoms with E-state index in [-0.39, 0.29) is 0 Å². The lowest BCUT2D eigenvalue weighted by Crippen LogP contribution is -2.01. The van der Waals surface area contributed by atoms with E-state index in [2.05, 4.69) is 36.4 Å². The molecular formula is C18H17N7O2. The lowest BCUT2D eigenvalue weighted by Gasteiger charge is -2.11. The maximum atomic E-state index is 5.92. The van der Waals surface area contributed by atoms with Gasteiger partial charge in [0.15, 0.2) is 11.3 Å². The van der Waals surface area contributed by atoms with Crippen molar-refractivity contribution in [3.05, 3.63) is 47.8 Å². The number of benzene rings is 1. The third kappa shape index (κ3) is 3.34. The number of pyridine rings is 1. The molecule has 3 N–H and O–H groups in total. The Labute approximate surface area is 154 Å². The molecule has 4 aromatic rings. The smallest absolute Gasteiger partial charge is 0.316 e. The predicted molar refractivity (Wildman–Crippen MR) is 99.2 cm³/mol. The number of aromatic amines is 1. The van der Waals surface area contributed by atoms with Crippen LogP contribution in [0.15, 0.2) is 36.7 Å². The van der Waals surface area contributed by atoms with Gasteiger partial charge in [0.05, 0.1) is 7.11 Å². The Morgan fingerprint density at radius 3 is 2.63 bits per heavy atom. The Kier molecular flexibility index (Phi) is 4.25. The summed E-state index contributed by atoms with van der Waals surface area (Å²) in [5, 5.41) is 10.5. The van der Waals surface area contributed by atoms with Gasteiger partial charge in [-0.15, -0.1) is 5.10 Å². The highest BCUT2D eigenvalue weighted by Gasteiger charge is 2.11. The molecule has 27 heavy (non-hydrogen) atoms. The number of nitrogen functional groups attached to an aromatic ring is 1. The van der Waals surface area contributed by atoms with E-state index in [0.29, 0.717) is 35.3 Å². The fourth-order valence-corrected chi connectivity index (χ4v) is 2.70. The Bertz CT molecular complexity index is 1090. The van der Waals surface area contributed by atoms with Gasteiger partial charge in [0.25, 0.3) is 0 Å². The first-order chi connectivity index (χ1) is 13.1. The minimum Gasteiger partial charge on any atom is -0.486 e. The van der Waals surface area contributed by atoms with E-state index in [1.165, 1.54) is 7.11 Å². The summed E-state index contributed by atoms with van der Waals surface area (Å²) >= 11 is 0. The molecule has 0 atom stereocenters. The molecule has 4 rings (SSSR count). The van der Waals surface area contributed by atoms with E-state index >= 15 is 0 Å². The number of nitrogens with two attached hydrogens (primary N) is 1. The van der Waals surface area contributed by atoms with Crippen molar-refractivity contribution in [3.63, 3.8) is 0 Å². The summed E-state index contributed by atoms with van der Waals surface area (Å²) in [5.41, 5.74) is 10.8. The van der Waals surface area contributed by atoms with E-state index in [1.807, 2.05) is 19.1 Å². The molecule has 3 heterocycles. The number of rotatable bonds is 5. The normalized spacial score (nSPS) is 10.9. The Hall–Kier alpha value is -3.75. The number of nitrogens with one attached hydrogen (secondary N) is 1. The van der Waals surface area contributed by atoms with Crippen LogP contribution in [0.5, 0.6) is 11.8 Å². The molecule has 0 saturated carbocycles. The van der Waals surface area contributed by atoms with Crippen molar-refractivity contribution in [3.8, 4) is 22.9 Å². The molecule has 0 radical (unpaired) electrons. The monoisotopic (exact) mass is 363 g/mol. The number of H-pyrrole nitrogens is 1. The van der Waals surface area contributed by atoms with Crippen molar-refractivity contribution < 1.29 is 9.47 Å². The minimum absolute atomic E-state index is 0.331. The summed E-state index contributed by atoms with van der Waals surface area (Å²) in [7, 11) is 1.54. The molecule has 0 spiro atoms. The average Bonchev–Trinajstić information content (AvgIpc) is 3.15. The van der Waals surface area contributed by atoms with Crippen molar-refractivity contribution >= 4 is 17.0 Å². The topological polar surface area (TPSA) is 125 Å². The van der Waals surface area contributed by atoms with Gasteiger partial charge in [0.1, 0.15) is 12.4 Å². The number of fused-ring (bicyclic) bond motifs is 1. The summed E-state index contributed by atoms with van der Waals surface area (Å²) in [6.07, 6.45) is 3.47. The number of nitrogens with zero attached hydrogens (tertiary/aromatic N) is 5. The van der Waals surface area contributed by atoms with E-state index in [1.54, 1.807) is 18.5 Å². The Morgan fingerprint density at radius 1 is 1.07 bits per heavy atom. The van der Waals surface area contributed by atoms with Crippen LogP contribution in [0.1, 0.15) is 11.1 Å². The summed E-state index contributed by atoms with van der Waals surface area (Å²) in [6, 6.07) is 8.07. The number of hydrogen-bond acceptors (Lipinski definition) is 8. The zero-order chi connectivity index (χ0) is 18.8. The SMILES string of the molecule is COc1ncc(-c2ccc(COc3cc(N)nc4n[nH]nc34)c(C)c2)cn1. The third-order valence-electron chi connectivity index (χ3n) is 4.15. The molecule has 0 aliphatic carbocycles. The molecule has 0 saturated heterocycles. The molecular weight excluding hydrogens is 346 g/mol. The second kappa shape index (κ2) is 6.87. The van der Waals surface area contributed by atoms with Crippen LogP contribution >= 0.6 is 0 Å². The van der Waals surface area contributed by atoms with E-state index in [4.69, 9.17) is 15.2 Å². The summed E-state index contributed by atoms with van der Waals surface area (Å²) < 4.78 is 10.9. The molecule has 136 valence electrons. The van der Waals surface area contributed by atoms with Crippen LogP contribution in [-0.2, 0) is 6.61 Å². The van der Waals surface area contributed by atoms with Crippen molar-refractivity contribution in [2.75, 3.05) is 12.8 Å². The Morgan fingerprint density at radius 2 is 1.89 bits per heavy atom. The van der Waals surface area contributed by atoms with E-state index in [0.717, 1.165) is 22.3 Å². The van der Waals surface area contributed by atoms with Crippen molar-refractivity contribution in [1.29, 1.82) is 0 Å². The van der Waals surface area contributed by atoms with Crippen LogP contribution in [0.3, 0.4) is 0 Å². The molecule has 1 aromatic carbocycles. The van der Waals surface area contributed by atoms with Gasteiger partial charge in [-0.05, 0) is 23.6 Å². The molecule has 0 aliphatic heterocycles. The molecule has 0 aliphatic rings. The zero-order valence-electron chi connectivity index (χ0n) is 14.8. The van der Waals surface area contributed by atoms with Gasteiger partial charge in [0.2, 0.25) is 5.65 Å². The van der Waals surface area contributed by atoms with Gasteiger partial charge >= 0.3 is 6.01 Å². The summed E-state index contributed by atoms with van der Waals surface area (Å²) in [5.74, 6) is 0.872. The third-order valence-corrected chi connectivity index (χ3v) is 4.15. The van der Waals surface area contributed by atoms with Crippen molar-refractivity contribution in [2.45, 2.75) is 13.5 Å². The van der Waals surface area contributed by atoms with Gasteiger partial charge in [-0.3, -0.25) is 0 Å². The van der Waals surface area contributed by atoms with Crippen LogP contribution in [0.25, 0.3) is 22.3 Å². The quantitative estimate of drug-likeness (QED) is 0.553. The number of methoxy groups -OCH3 is 1. The standard InChI is InChI=1S/C18H17N7O2/c1-10-5-11(13-7-20-18(26-2)21-8-13)3-4-12(10)9-27-14-6-15(19)22-17-16(14)23-25-24-17/h3-8H,9H2,1-2H3,(H3,19,22,23,24,25). The average molecular weight is 363 g/mol. The highest BCUT2D eigenvalue weighted by molar-refractivity contribution is 5.78. The first-order valence-electron chi connectivity index (χ1n) is 8.20. The van der Waals surface area contributed by atoms with Gasteiger partial charge in [-0.2, -0.15) is 10.3 Å². The van der Waals surface area contributed by atoms with Crippen LogP contribution in [-0.4, -0.2) is 37.5 Å². The largest absolute Gasteiger partial charge is 0.486 e. The van der Waals surface area contributed by atoms with Crippen LogP contribution in [0, 0.1) is 6.92 Å². The fraction of sp³-hybridized carbons (Fsp3) is 0.167. The molecule has 3 aromatic heterocycles. The molecule has 9 nitrogen and oxygen atoms in total. The lowest BCUT2D eigenvalue weighted by atomic mass is 10.0. The molecule has 0 bridgehead atoms. The lowest BCUT2D eigenvalue weighted by molar-refractivity contribution is 0.308. The van der Waals surface area contributed by atoms with Crippen molar-refractivity contribution in [1.82, 2.24) is 30.4 Å². The number of aromatic nitrogens is 6. The van der Waals surface area contributed by atoms with Crippen LogP contribution in [0.4, 0.5) is 5.82 Å². The van der Waals surface area contributed by atoms with Gasteiger partial charge < -0.3 is 15.2 Å². The van der Waals surface area contributed by atoms with E-state index < -0.39 is 0 Å². The maximum absolute atomic E-state index is 5.92. The number of hydrogen-bond donors (Lipinski definition) is 2. The first kappa shape index (κ1) is 16.7. The molecule has 0 unspecified atom stereocenters. The second-order valence-electron chi connectivity index (χ2n) is 5.93. The predicted octanol–water partition coefficient (Wildman–Crippen LogP) is 2.29. The summed E-state index contributed by atoms with van der Waals surface area (Å²) in [6.45, 7) is 2.40. The zero-order valence-corrected chi connectivity index (χ0v) is 14.8. The molecule has 0 amide bonds. The number of aryl methyl sites for hydroxylation is 1. The van der Waals surface area contributed by atoms with Crippen molar-refractivity contribution in [2.24, 2.45) is 0 Å².